The highest BCUT2D eigenvalue weighted by molar-refractivity contribution is 7.14. The molecule has 0 fully saturated rings. The van der Waals surface area contributed by atoms with E-state index in [0.29, 0.717) is 4.88 Å². The lowest BCUT2D eigenvalue weighted by Crippen LogP contribution is -1.94. The molecule has 0 saturated heterocycles. The van der Waals surface area contributed by atoms with Crippen molar-refractivity contribution in [1.82, 2.24) is 4.98 Å². The molecule has 0 saturated carbocycles. The third kappa shape index (κ3) is 2.22. The summed E-state index contributed by atoms with van der Waals surface area (Å²) in [5.41, 5.74) is 1.59. The maximum atomic E-state index is 11.6. The van der Waals surface area contributed by atoms with Crippen LogP contribution in [-0.4, -0.2) is 17.9 Å². The zero-order valence-electron chi connectivity index (χ0n) is 9.98. The highest BCUT2D eigenvalue weighted by Crippen LogP contribution is 2.34. The van der Waals surface area contributed by atoms with E-state index in [1.54, 1.807) is 14.0 Å². The fourth-order valence-electron chi connectivity index (χ4n) is 1.69. The Kier molecular flexibility index (Phi) is 3.24. The Morgan fingerprint density at radius 1 is 1.35 bits per heavy atom. The Bertz CT molecular complexity index is 560. The number of thiazole rings is 1. The summed E-state index contributed by atoms with van der Waals surface area (Å²) in [5, 5.41) is 0.885. The summed E-state index contributed by atoms with van der Waals surface area (Å²) in [6, 6.07) is 7.60. The van der Waals surface area contributed by atoms with Crippen molar-refractivity contribution < 1.29 is 9.53 Å². The van der Waals surface area contributed by atoms with Gasteiger partial charge < -0.3 is 4.74 Å². The van der Waals surface area contributed by atoms with Gasteiger partial charge in [0.2, 0.25) is 0 Å². The largest absolute Gasteiger partial charge is 0.496 e. The van der Waals surface area contributed by atoms with Crippen LogP contribution in [0.2, 0.25) is 0 Å². The molecule has 0 radical (unpaired) electrons. The first-order valence-corrected chi connectivity index (χ1v) is 6.07. The van der Waals surface area contributed by atoms with Crippen LogP contribution in [0.1, 0.15) is 21.6 Å². The third-order valence-electron chi connectivity index (χ3n) is 2.42. The maximum absolute atomic E-state index is 11.6. The fourth-order valence-corrected chi connectivity index (χ4v) is 2.52. The number of Topliss-reactive ketones (excluding diaryl/α,β-unsaturated/α-hetero) is 1. The highest BCUT2D eigenvalue weighted by Gasteiger charge is 2.17. The summed E-state index contributed by atoms with van der Waals surface area (Å²) in [4.78, 5) is 16.7. The molecule has 1 aromatic carbocycles. The van der Waals surface area contributed by atoms with Gasteiger partial charge in [0, 0.05) is 12.5 Å². The molecule has 0 amide bonds. The van der Waals surface area contributed by atoms with Gasteiger partial charge in [-0.15, -0.1) is 11.3 Å². The molecule has 0 N–H and O–H groups in total. The molecule has 2 rings (SSSR count). The van der Waals surface area contributed by atoms with Crippen molar-refractivity contribution in [3.63, 3.8) is 0 Å². The second-order valence-corrected chi connectivity index (χ2v) is 4.87. The molecule has 0 atom stereocenters. The first-order chi connectivity index (χ1) is 8.13. The smallest absolute Gasteiger partial charge is 0.172 e. The minimum absolute atomic E-state index is 0.0384. The van der Waals surface area contributed by atoms with E-state index in [0.717, 1.165) is 22.0 Å². The molecule has 0 spiro atoms. The zero-order valence-corrected chi connectivity index (χ0v) is 10.8. The van der Waals surface area contributed by atoms with E-state index in [-0.39, 0.29) is 5.78 Å². The Hall–Kier alpha value is -1.68. The molecule has 4 heteroatoms. The van der Waals surface area contributed by atoms with Gasteiger partial charge in [0.25, 0.3) is 0 Å². The Morgan fingerprint density at radius 2 is 2.06 bits per heavy atom. The van der Waals surface area contributed by atoms with E-state index in [4.69, 9.17) is 4.74 Å². The Morgan fingerprint density at radius 3 is 2.71 bits per heavy atom. The van der Waals surface area contributed by atoms with Crippen LogP contribution in [0.15, 0.2) is 24.3 Å². The molecular weight excluding hydrogens is 234 g/mol. The third-order valence-corrected chi connectivity index (χ3v) is 3.49. The number of methoxy groups -OCH3 is 1. The number of ketones is 1. The monoisotopic (exact) mass is 247 g/mol. The quantitative estimate of drug-likeness (QED) is 0.781. The molecule has 0 aliphatic heterocycles. The summed E-state index contributed by atoms with van der Waals surface area (Å²) in [7, 11) is 1.62. The molecule has 0 bridgehead atoms. The average Bonchev–Trinajstić information content (AvgIpc) is 2.71. The molecule has 17 heavy (non-hydrogen) atoms. The molecule has 0 aliphatic carbocycles. The van der Waals surface area contributed by atoms with Crippen molar-refractivity contribution in [3.8, 4) is 17.0 Å². The second kappa shape index (κ2) is 4.67. The lowest BCUT2D eigenvalue weighted by atomic mass is 10.1. The number of para-hydroxylation sites is 1. The SMILES string of the molecule is COc1ccccc1-c1nc(C)sc1C(C)=O. The number of carbonyl (C=O) groups is 1. The van der Waals surface area contributed by atoms with Crippen LogP contribution < -0.4 is 4.74 Å². The molecule has 0 aliphatic rings. The van der Waals surface area contributed by atoms with Crippen molar-refractivity contribution >= 4 is 17.1 Å². The van der Waals surface area contributed by atoms with Crippen molar-refractivity contribution in [2.45, 2.75) is 13.8 Å². The van der Waals surface area contributed by atoms with Crippen molar-refractivity contribution in [2.75, 3.05) is 7.11 Å². The number of nitrogens with zero attached hydrogens (tertiary/aromatic N) is 1. The first-order valence-electron chi connectivity index (χ1n) is 5.25. The van der Waals surface area contributed by atoms with Crippen LogP contribution in [-0.2, 0) is 0 Å². The number of aromatic nitrogens is 1. The summed E-state index contributed by atoms with van der Waals surface area (Å²) >= 11 is 1.42. The number of aryl methyl sites for hydroxylation is 1. The predicted molar refractivity (Wildman–Crippen MR) is 68.8 cm³/mol. The number of rotatable bonds is 3. The van der Waals surface area contributed by atoms with Crippen LogP contribution in [0.4, 0.5) is 0 Å². The molecule has 0 unspecified atom stereocenters. The summed E-state index contributed by atoms with van der Waals surface area (Å²) in [6.45, 7) is 3.46. The number of hydrogen-bond acceptors (Lipinski definition) is 4. The van der Waals surface area contributed by atoms with Crippen LogP contribution in [0.25, 0.3) is 11.3 Å². The summed E-state index contributed by atoms with van der Waals surface area (Å²) in [5.74, 6) is 0.775. The van der Waals surface area contributed by atoms with Crippen LogP contribution in [0, 0.1) is 6.92 Å². The molecular formula is C13H13NO2S. The number of carbonyl (C=O) groups excluding carboxylic acids is 1. The molecule has 1 heterocycles. The zero-order chi connectivity index (χ0) is 12.4. The van der Waals surface area contributed by atoms with Gasteiger partial charge in [-0.25, -0.2) is 4.98 Å². The predicted octanol–water partition coefficient (Wildman–Crippen LogP) is 3.33. The van der Waals surface area contributed by atoms with Gasteiger partial charge >= 0.3 is 0 Å². The minimum atomic E-state index is 0.0384. The van der Waals surface area contributed by atoms with E-state index >= 15 is 0 Å². The van der Waals surface area contributed by atoms with Gasteiger partial charge in [-0.1, -0.05) is 12.1 Å². The maximum Gasteiger partial charge on any atom is 0.172 e. The molecule has 88 valence electrons. The second-order valence-electron chi connectivity index (χ2n) is 3.67. The van der Waals surface area contributed by atoms with Crippen molar-refractivity contribution in [3.05, 3.63) is 34.2 Å². The molecule has 1 aromatic heterocycles. The number of benzene rings is 1. The van der Waals surface area contributed by atoms with Gasteiger partial charge in [0.05, 0.1) is 22.7 Å². The summed E-state index contributed by atoms with van der Waals surface area (Å²) in [6.07, 6.45) is 0. The van der Waals surface area contributed by atoms with E-state index in [1.807, 2.05) is 31.2 Å². The number of hydrogen-bond donors (Lipinski definition) is 0. The lowest BCUT2D eigenvalue weighted by Gasteiger charge is -2.06. The van der Waals surface area contributed by atoms with Gasteiger partial charge in [0.1, 0.15) is 5.75 Å². The van der Waals surface area contributed by atoms with Crippen LogP contribution >= 0.6 is 11.3 Å². The standard InChI is InChI=1S/C13H13NO2S/c1-8(15)13-12(14-9(2)17-13)10-6-4-5-7-11(10)16-3/h4-7H,1-3H3. The van der Waals surface area contributed by atoms with Crippen molar-refractivity contribution in [2.24, 2.45) is 0 Å². The van der Waals surface area contributed by atoms with Crippen molar-refractivity contribution in [1.29, 1.82) is 0 Å². The molecule has 3 nitrogen and oxygen atoms in total. The van der Waals surface area contributed by atoms with E-state index in [1.165, 1.54) is 11.3 Å². The molecule has 2 aromatic rings. The van der Waals surface area contributed by atoms with Gasteiger partial charge in [0.15, 0.2) is 5.78 Å². The van der Waals surface area contributed by atoms with E-state index in [2.05, 4.69) is 4.98 Å². The van der Waals surface area contributed by atoms with Gasteiger partial charge in [-0.3, -0.25) is 4.79 Å². The normalized spacial score (nSPS) is 10.3. The van der Waals surface area contributed by atoms with Crippen LogP contribution in [0.3, 0.4) is 0 Å². The Balaban J connectivity index is 2.63. The van der Waals surface area contributed by atoms with Gasteiger partial charge in [-0.2, -0.15) is 0 Å². The average molecular weight is 247 g/mol. The highest BCUT2D eigenvalue weighted by atomic mass is 32.1. The lowest BCUT2D eigenvalue weighted by molar-refractivity contribution is 0.102. The van der Waals surface area contributed by atoms with Gasteiger partial charge in [-0.05, 0) is 19.1 Å². The first kappa shape index (κ1) is 11.8. The van der Waals surface area contributed by atoms with E-state index in [9.17, 15) is 4.79 Å². The number of ether oxygens (including phenoxy) is 1. The van der Waals surface area contributed by atoms with Crippen LogP contribution in [0.5, 0.6) is 5.75 Å². The van der Waals surface area contributed by atoms with E-state index < -0.39 is 0 Å². The fraction of sp³-hybridized carbons (Fsp3) is 0.231. The summed E-state index contributed by atoms with van der Waals surface area (Å²) < 4.78 is 5.30. The minimum Gasteiger partial charge on any atom is -0.496 e. The topological polar surface area (TPSA) is 39.2 Å². The Labute approximate surface area is 104 Å².